The second-order valence-corrected chi connectivity index (χ2v) is 6.34. The minimum Gasteiger partial charge on any atom is -0.340 e. The van der Waals surface area contributed by atoms with Crippen molar-refractivity contribution >= 4 is 17.7 Å². The smallest absolute Gasteiger partial charge is 0.236 e. The van der Waals surface area contributed by atoms with Gasteiger partial charge in [-0.05, 0) is 23.6 Å². The maximum absolute atomic E-state index is 12.5. The second-order valence-electron chi connectivity index (χ2n) is 5.10. The van der Waals surface area contributed by atoms with Gasteiger partial charge in [-0.25, -0.2) is 0 Å². The molecule has 1 unspecified atom stereocenters. The number of hydrogen-bond donors (Lipinski definition) is 0. The predicted molar refractivity (Wildman–Crippen MR) is 82.7 cm³/mol. The molecule has 0 aliphatic carbocycles. The van der Waals surface area contributed by atoms with Crippen molar-refractivity contribution in [1.82, 2.24) is 4.90 Å². The highest BCUT2D eigenvalue weighted by Gasteiger charge is 2.29. The van der Waals surface area contributed by atoms with Crippen molar-refractivity contribution < 1.29 is 4.79 Å². The summed E-state index contributed by atoms with van der Waals surface area (Å²) >= 11 is 1.69. The largest absolute Gasteiger partial charge is 0.340 e. The van der Waals surface area contributed by atoms with Gasteiger partial charge in [-0.3, -0.25) is 4.79 Å². The van der Waals surface area contributed by atoms with Crippen molar-refractivity contribution in [3.8, 4) is 0 Å². The standard InChI is InChI=1S/C17H17NOS/c1-18(12-13-7-3-2-4-8-13)17(19)16-11-14-9-5-6-10-15(14)20-16/h2-10,16H,11-12H2,1H3. The van der Waals surface area contributed by atoms with E-state index in [1.807, 2.05) is 42.3 Å². The van der Waals surface area contributed by atoms with Gasteiger partial charge in [-0.2, -0.15) is 0 Å². The van der Waals surface area contributed by atoms with Crippen LogP contribution in [0.1, 0.15) is 11.1 Å². The number of thioether (sulfide) groups is 1. The Labute approximate surface area is 123 Å². The summed E-state index contributed by atoms with van der Waals surface area (Å²) in [6.45, 7) is 0.674. The van der Waals surface area contributed by atoms with Crippen LogP contribution in [0.25, 0.3) is 0 Å². The lowest BCUT2D eigenvalue weighted by molar-refractivity contribution is -0.129. The molecular weight excluding hydrogens is 266 g/mol. The number of rotatable bonds is 3. The fraction of sp³-hybridized carbons (Fsp3) is 0.235. The van der Waals surface area contributed by atoms with Gasteiger partial charge < -0.3 is 4.90 Å². The fourth-order valence-electron chi connectivity index (χ4n) is 2.50. The third-order valence-electron chi connectivity index (χ3n) is 3.56. The Morgan fingerprint density at radius 3 is 2.60 bits per heavy atom. The van der Waals surface area contributed by atoms with Gasteiger partial charge in [0.2, 0.25) is 5.91 Å². The van der Waals surface area contributed by atoms with E-state index < -0.39 is 0 Å². The lowest BCUT2D eigenvalue weighted by Crippen LogP contribution is -2.34. The van der Waals surface area contributed by atoms with Crippen LogP contribution in [0.3, 0.4) is 0 Å². The van der Waals surface area contributed by atoms with Crippen LogP contribution in [0.4, 0.5) is 0 Å². The number of benzene rings is 2. The molecule has 1 amide bonds. The summed E-state index contributed by atoms with van der Waals surface area (Å²) in [5.41, 5.74) is 2.47. The maximum Gasteiger partial charge on any atom is 0.236 e. The van der Waals surface area contributed by atoms with Gasteiger partial charge in [-0.15, -0.1) is 11.8 Å². The third-order valence-corrected chi connectivity index (χ3v) is 4.87. The SMILES string of the molecule is CN(Cc1ccccc1)C(=O)C1Cc2ccccc2S1. The number of carbonyl (C=O) groups excluding carboxylic acids is 1. The normalized spacial score (nSPS) is 16.8. The lowest BCUT2D eigenvalue weighted by atomic mass is 10.1. The van der Waals surface area contributed by atoms with Crippen LogP contribution in [-0.4, -0.2) is 23.1 Å². The first kappa shape index (κ1) is 13.3. The van der Waals surface area contributed by atoms with E-state index in [9.17, 15) is 4.79 Å². The average molecular weight is 283 g/mol. The van der Waals surface area contributed by atoms with Crippen LogP contribution in [0, 0.1) is 0 Å². The maximum atomic E-state index is 12.5. The highest BCUT2D eigenvalue weighted by atomic mass is 32.2. The van der Waals surface area contributed by atoms with Gasteiger partial charge in [0.25, 0.3) is 0 Å². The van der Waals surface area contributed by atoms with E-state index in [4.69, 9.17) is 0 Å². The Balaban J connectivity index is 1.66. The van der Waals surface area contributed by atoms with E-state index in [1.54, 1.807) is 11.8 Å². The van der Waals surface area contributed by atoms with Crippen molar-refractivity contribution in [2.45, 2.75) is 23.1 Å². The van der Waals surface area contributed by atoms with Crippen LogP contribution in [0.15, 0.2) is 59.5 Å². The van der Waals surface area contributed by atoms with Gasteiger partial charge >= 0.3 is 0 Å². The molecular formula is C17H17NOS. The van der Waals surface area contributed by atoms with Gasteiger partial charge in [0.05, 0.1) is 5.25 Å². The third kappa shape index (κ3) is 2.73. The molecule has 2 aromatic rings. The van der Waals surface area contributed by atoms with Crippen LogP contribution in [-0.2, 0) is 17.8 Å². The average Bonchev–Trinajstić information content (AvgIpc) is 2.91. The zero-order chi connectivity index (χ0) is 13.9. The molecule has 3 rings (SSSR count). The zero-order valence-corrected chi connectivity index (χ0v) is 12.3. The molecule has 0 spiro atoms. The summed E-state index contributed by atoms with van der Waals surface area (Å²) in [6.07, 6.45) is 0.846. The van der Waals surface area contributed by atoms with Gasteiger partial charge in [0.15, 0.2) is 0 Å². The monoisotopic (exact) mass is 283 g/mol. The second kappa shape index (κ2) is 5.71. The number of carbonyl (C=O) groups is 1. The Hall–Kier alpha value is -1.74. The molecule has 1 aliphatic rings. The number of hydrogen-bond acceptors (Lipinski definition) is 2. The molecule has 20 heavy (non-hydrogen) atoms. The van der Waals surface area contributed by atoms with Crippen molar-refractivity contribution in [3.63, 3.8) is 0 Å². The molecule has 1 heterocycles. The molecule has 3 heteroatoms. The van der Waals surface area contributed by atoms with Crippen molar-refractivity contribution in [2.75, 3.05) is 7.05 Å². The quantitative estimate of drug-likeness (QED) is 0.861. The molecule has 0 bridgehead atoms. The summed E-state index contributed by atoms with van der Waals surface area (Å²) < 4.78 is 0. The first-order valence-corrected chi connectivity index (χ1v) is 7.65. The minimum absolute atomic E-state index is 0.0288. The van der Waals surface area contributed by atoms with Crippen molar-refractivity contribution in [3.05, 3.63) is 65.7 Å². The molecule has 0 aromatic heterocycles. The van der Waals surface area contributed by atoms with E-state index in [0.29, 0.717) is 6.54 Å². The van der Waals surface area contributed by atoms with E-state index in [0.717, 1.165) is 6.42 Å². The molecule has 0 radical (unpaired) electrons. The topological polar surface area (TPSA) is 20.3 Å². The summed E-state index contributed by atoms with van der Waals surface area (Å²) in [5, 5.41) is 0.0288. The first-order chi connectivity index (χ1) is 9.74. The van der Waals surface area contributed by atoms with Crippen molar-refractivity contribution in [2.24, 2.45) is 0 Å². The van der Waals surface area contributed by atoms with Crippen LogP contribution < -0.4 is 0 Å². The highest BCUT2D eigenvalue weighted by molar-refractivity contribution is 8.01. The van der Waals surface area contributed by atoms with E-state index in [2.05, 4.69) is 24.3 Å². The Bertz CT molecular complexity index is 586. The van der Waals surface area contributed by atoms with Crippen LogP contribution in [0.5, 0.6) is 0 Å². The number of amides is 1. The van der Waals surface area contributed by atoms with Gasteiger partial charge in [-0.1, -0.05) is 48.5 Å². The zero-order valence-electron chi connectivity index (χ0n) is 11.5. The summed E-state index contributed by atoms with van der Waals surface area (Å²) in [6, 6.07) is 18.4. The molecule has 0 saturated carbocycles. The number of nitrogens with zero attached hydrogens (tertiary/aromatic N) is 1. The summed E-state index contributed by atoms with van der Waals surface area (Å²) in [5.74, 6) is 0.218. The summed E-state index contributed by atoms with van der Waals surface area (Å²) in [7, 11) is 1.89. The molecule has 2 aromatic carbocycles. The molecule has 102 valence electrons. The Morgan fingerprint density at radius 2 is 1.85 bits per heavy atom. The van der Waals surface area contributed by atoms with E-state index in [-0.39, 0.29) is 11.2 Å². The molecule has 1 atom stereocenters. The summed E-state index contributed by atoms with van der Waals surface area (Å²) in [4.78, 5) is 15.6. The molecule has 1 aliphatic heterocycles. The number of fused-ring (bicyclic) bond motifs is 1. The Morgan fingerprint density at radius 1 is 1.15 bits per heavy atom. The van der Waals surface area contributed by atoms with Crippen LogP contribution in [0.2, 0.25) is 0 Å². The molecule has 0 saturated heterocycles. The van der Waals surface area contributed by atoms with Crippen molar-refractivity contribution in [1.29, 1.82) is 0 Å². The Kier molecular flexibility index (Phi) is 3.79. The highest BCUT2D eigenvalue weighted by Crippen LogP contribution is 2.37. The first-order valence-electron chi connectivity index (χ1n) is 6.77. The minimum atomic E-state index is 0.0288. The lowest BCUT2D eigenvalue weighted by Gasteiger charge is -2.20. The van der Waals surface area contributed by atoms with E-state index in [1.165, 1.54) is 16.0 Å². The molecule has 2 nitrogen and oxygen atoms in total. The molecule has 0 fully saturated rings. The van der Waals surface area contributed by atoms with E-state index >= 15 is 0 Å². The van der Waals surface area contributed by atoms with Crippen LogP contribution >= 0.6 is 11.8 Å². The fourth-order valence-corrected chi connectivity index (χ4v) is 3.81. The van der Waals surface area contributed by atoms with Gasteiger partial charge in [0.1, 0.15) is 0 Å². The predicted octanol–water partition coefficient (Wildman–Crippen LogP) is 3.36. The molecule has 0 N–H and O–H groups in total. The van der Waals surface area contributed by atoms with Gasteiger partial charge in [0, 0.05) is 18.5 Å².